The number of hydrogen-bond acceptors (Lipinski definition) is 12. The standard InChI is InChI=1S/C26H37N5O6S/c1-19-16-21(31(6-9-35-11-8-32)7-10-36-14-15-37-13-12-34-3)4-5-23(19)29-30-26-22(17-27)20(2)25(38-26)24(33)18-28/h4-5,16,32H,6-15,18,28H2,1-3H3. The zero-order valence-electron chi connectivity index (χ0n) is 22.3. The first-order valence-corrected chi connectivity index (χ1v) is 13.2. The van der Waals surface area contributed by atoms with E-state index in [2.05, 4.69) is 21.2 Å². The maximum atomic E-state index is 12.1. The van der Waals surface area contributed by atoms with E-state index in [0.29, 0.717) is 79.4 Å². The van der Waals surface area contributed by atoms with E-state index in [-0.39, 0.29) is 25.5 Å². The van der Waals surface area contributed by atoms with Gasteiger partial charge in [-0.25, -0.2) is 0 Å². The molecule has 12 heteroatoms. The Hall–Kier alpha value is -2.76. The van der Waals surface area contributed by atoms with Gasteiger partial charge in [-0.1, -0.05) is 0 Å². The molecular weight excluding hydrogens is 510 g/mol. The van der Waals surface area contributed by atoms with Crippen molar-refractivity contribution in [3.63, 3.8) is 0 Å². The van der Waals surface area contributed by atoms with E-state index < -0.39 is 0 Å². The molecule has 1 aromatic carbocycles. The fraction of sp³-hybridized carbons (Fsp3) is 0.538. The van der Waals surface area contributed by atoms with Gasteiger partial charge in [0.25, 0.3) is 0 Å². The van der Waals surface area contributed by atoms with E-state index in [1.165, 1.54) is 0 Å². The molecule has 0 bridgehead atoms. The number of rotatable bonds is 19. The molecule has 0 saturated carbocycles. The van der Waals surface area contributed by atoms with Crippen molar-refractivity contribution in [2.24, 2.45) is 16.0 Å². The SMILES string of the molecule is COCCOCCOCCN(CCOCCO)c1ccc(N=Nc2sc(C(=O)CN)c(C)c2C#N)c(C)c1. The van der Waals surface area contributed by atoms with E-state index in [0.717, 1.165) is 22.6 Å². The number of nitriles is 1. The lowest BCUT2D eigenvalue weighted by Crippen LogP contribution is -2.31. The number of aryl methyl sites for hydroxylation is 1. The Balaban J connectivity index is 2.09. The molecule has 0 atom stereocenters. The molecule has 11 nitrogen and oxygen atoms in total. The van der Waals surface area contributed by atoms with E-state index in [4.69, 9.17) is 29.8 Å². The molecule has 2 aromatic rings. The van der Waals surface area contributed by atoms with Gasteiger partial charge in [-0.3, -0.25) is 4.79 Å². The molecule has 208 valence electrons. The number of methoxy groups -OCH3 is 1. The predicted octanol–water partition coefficient (Wildman–Crippen LogP) is 3.29. The van der Waals surface area contributed by atoms with E-state index in [9.17, 15) is 10.1 Å². The van der Waals surface area contributed by atoms with Crippen LogP contribution in [-0.4, -0.2) is 90.5 Å². The number of nitrogens with two attached hydrogens (primary N) is 1. The Kier molecular flexibility index (Phi) is 14.6. The number of ketones is 1. The summed E-state index contributed by atoms with van der Waals surface area (Å²) in [5.41, 5.74) is 8.92. The molecule has 0 amide bonds. The average Bonchev–Trinajstić information content (AvgIpc) is 3.25. The van der Waals surface area contributed by atoms with Crippen molar-refractivity contribution < 1.29 is 28.8 Å². The van der Waals surface area contributed by atoms with Gasteiger partial charge in [0.2, 0.25) is 0 Å². The summed E-state index contributed by atoms with van der Waals surface area (Å²) in [6.07, 6.45) is 0. The summed E-state index contributed by atoms with van der Waals surface area (Å²) in [7, 11) is 1.63. The maximum absolute atomic E-state index is 12.1. The molecule has 0 aliphatic heterocycles. The number of aliphatic hydroxyl groups excluding tert-OH is 1. The minimum atomic E-state index is -0.225. The molecule has 0 unspecified atom stereocenters. The highest BCUT2D eigenvalue weighted by molar-refractivity contribution is 7.18. The predicted molar refractivity (Wildman–Crippen MR) is 146 cm³/mol. The second-order valence-electron chi connectivity index (χ2n) is 8.19. The molecule has 0 spiro atoms. The quantitative estimate of drug-likeness (QED) is 0.153. The topological polar surface area (TPSA) is 152 Å². The lowest BCUT2D eigenvalue weighted by Gasteiger charge is -2.25. The number of azo groups is 1. The van der Waals surface area contributed by atoms with Crippen molar-refractivity contribution in [2.75, 3.05) is 84.5 Å². The number of nitrogens with zero attached hydrogens (tertiary/aromatic N) is 4. The highest BCUT2D eigenvalue weighted by Crippen LogP contribution is 2.36. The maximum Gasteiger partial charge on any atom is 0.186 e. The number of carbonyl (C=O) groups excluding carboxylic acids is 1. The molecular formula is C26H37N5O6S. The van der Waals surface area contributed by atoms with Crippen molar-refractivity contribution in [1.29, 1.82) is 5.26 Å². The normalized spacial score (nSPS) is 11.3. The summed E-state index contributed by atoms with van der Waals surface area (Å²) in [4.78, 5) is 14.7. The van der Waals surface area contributed by atoms with Gasteiger partial charge in [0.15, 0.2) is 10.8 Å². The van der Waals surface area contributed by atoms with Gasteiger partial charge < -0.3 is 34.7 Å². The van der Waals surface area contributed by atoms with Gasteiger partial charge in [-0.2, -0.15) is 5.26 Å². The van der Waals surface area contributed by atoms with Gasteiger partial charge >= 0.3 is 0 Å². The van der Waals surface area contributed by atoms with Crippen LogP contribution in [0.15, 0.2) is 28.4 Å². The van der Waals surface area contributed by atoms with Gasteiger partial charge in [0.1, 0.15) is 6.07 Å². The smallest absolute Gasteiger partial charge is 0.186 e. The van der Waals surface area contributed by atoms with Gasteiger partial charge in [0.05, 0.1) is 75.5 Å². The van der Waals surface area contributed by atoms with E-state index in [1.807, 2.05) is 25.1 Å². The average molecular weight is 548 g/mol. The number of aliphatic hydroxyl groups is 1. The van der Waals surface area contributed by atoms with Crippen LogP contribution in [0.1, 0.15) is 26.4 Å². The number of anilines is 1. The summed E-state index contributed by atoms with van der Waals surface area (Å²) in [5.74, 6) is -0.225. The number of ether oxygens (including phenoxy) is 4. The first-order valence-electron chi connectivity index (χ1n) is 12.3. The highest BCUT2D eigenvalue weighted by Gasteiger charge is 2.19. The summed E-state index contributed by atoms with van der Waals surface area (Å²) in [6.45, 7) is 8.08. The van der Waals surface area contributed by atoms with Crippen LogP contribution in [0.2, 0.25) is 0 Å². The first-order chi connectivity index (χ1) is 18.5. The third kappa shape index (κ3) is 9.85. The highest BCUT2D eigenvalue weighted by atomic mass is 32.1. The Labute approximate surface area is 227 Å². The summed E-state index contributed by atoms with van der Waals surface area (Å²) >= 11 is 1.13. The molecule has 0 saturated heterocycles. The monoisotopic (exact) mass is 547 g/mol. The minimum Gasteiger partial charge on any atom is -0.394 e. The van der Waals surface area contributed by atoms with Crippen LogP contribution in [-0.2, 0) is 18.9 Å². The van der Waals surface area contributed by atoms with Gasteiger partial charge in [-0.15, -0.1) is 21.6 Å². The second-order valence-corrected chi connectivity index (χ2v) is 9.19. The molecule has 0 aliphatic rings. The number of benzene rings is 1. The number of thiophene rings is 1. The Morgan fingerprint density at radius 1 is 1.05 bits per heavy atom. The Bertz CT molecular complexity index is 1080. The number of Topliss-reactive ketones (excluding diaryl/α,β-unsaturated/α-hetero) is 1. The van der Waals surface area contributed by atoms with E-state index >= 15 is 0 Å². The van der Waals surface area contributed by atoms with Crippen molar-refractivity contribution in [3.05, 3.63) is 39.8 Å². The zero-order valence-corrected chi connectivity index (χ0v) is 23.1. The van der Waals surface area contributed by atoms with Crippen molar-refractivity contribution in [2.45, 2.75) is 13.8 Å². The lowest BCUT2D eigenvalue weighted by atomic mass is 10.1. The van der Waals surface area contributed by atoms with Crippen LogP contribution in [0.25, 0.3) is 0 Å². The largest absolute Gasteiger partial charge is 0.394 e. The van der Waals surface area contributed by atoms with Crippen molar-refractivity contribution in [3.8, 4) is 6.07 Å². The van der Waals surface area contributed by atoms with Crippen LogP contribution in [0.5, 0.6) is 0 Å². The molecule has 1 aromatic heterocycles. The van der Waals surface area contributed by atoms with Crippen LogP contribution in [0.3, 0.4) is 0 Å². The summed E-state index contributed by atoms with van der Waals surface area (Å²) < 4.78 is 21.5. The zero-order chi connectivity index (χ0) is 27.8. The van der Waals surface area contributed by atoms with Crippen LogP contribution >= 0.6 is 11.3 Å². The van der Waals surface area contributed by atoms with Gasteiger partial charge in [-0.05, 0) is 43.2 Å². The molecule has 3 N–H and O–H groups in total. The number of carbonyl (C=O) groups is 1. The summed E-state index contributed by atoms with van der Waals surface area (Å²) in [6, 6.07) is 7.91. The lowest BCUT2D eigenvalue weighted by molar-refractivity contribution is 0.0262. The molecule has 0 fully saturated rings. The first kappa shape index (κ1) is 31.5. The van der Waals surface area contributed by atoms with Crippen LogP contribution in [0, 0.1) is 25.2 Å². The van der Waals surface area contributed by atoms with Crippen molar-refractivity contribution >= 4 is 33.5 Å². The minimum absolute atomic E-state index is 0.0237. The third-order valence-electron chi connectivity index (χ3n) is 5.52. The van der Waals surface area contributed by atoms with Crippen molar-refractivity contribution in [1.82, 2.24) is 0 Å². The third-order valence-corrected chi connectivity index (χ3v) is 6.74. The fourth-order valence-corrected chi connectivity index (χ4v) is 4.49. The molecule has 38 heavy (non-hydrogen) atoms. The van der Waals surface area contributed by atoms with Crippen LogP contribution in [0.4, 0.5) is 16.4 Å². The Morgan fingerprint density at radius 3 is 2.32 bits per heavy atom. The van der Waals surface area contributed by atoms with Crippen LogP contribution < -0.4 is 10.6 Å². The molecule has 0 radical (unpaired) electrons. The number of hydrogen-bond donors (Lipinski definition) is 2. The molecule has 2 rings (SSSR count). The van der Waals surface area contributed by atoms with E-state index in [1.54, 1.807) is 14.0 Å². The molecule has 1 heterocycles. The summed E-state index contributed by atoms with van der Waals surface area (Å²) in [5, 5.41) is 27.5. The second kappa shape index (κ2) is 17.7. The van der Waals surface area contributed by atoms with Gasteiger partial charge in [0, 0.05) is 25.9 Å². The Morgan fingerprint density at radius 2 is 1.71 bits per heavy atom. The molecule has 0 aliphatic carbocycles. The fourth-order valence-electron chi connectivity index (χ4n) is 3.46.